The van der Waals surface area contributed by atoms with Gasteiger partial charge in [0.2, 0.25) is 5.91 Å². The molecular weight excluding hydrogens is 574 g/mol. The average Bonchev–Trinajstić information content (AvgIpc) is 2.98. The summed E-state index contributed by atoms with van der Waals surface area (Å²) in [5, 5.41) is 21.9. The van der Waals surface area contributed by atoms with E-state index in [1.807, 2.05) is 6.92 Å². The molecule has 1 amide bonds. The molecule has 0 fully saturated rings. The monoisotopic (exact) mass is 633 g/mol. The predicted molar refractivity (Wildman–Crippen MR) is 192 cm³/mol. The minimum Gasteiger partial charge on any atom is -0.504 e. The molecule has 6 nitrogen and oxygen atoms in total. The van der Waals surface area contributed by atoms with Crippen LogP contribution in [0.4, 0.5) is 0 Å². The Morgan fingerprint density at radius 3 is 1.52 bits per heavy atom. The van der Waals surface area contributed by atoms with Crippen molar-refractivity contribution in [1.29, 1.82) is 0 Å². The summed E-state index contributed by atoms with van der Waals surface area (Å²) in [5.74, 6) is -1.49. The summed E-state index contributed by atoms with van der Waals surface area (Å²) < 4.78 is 4.84. The predicted octanol–water partition coefficient (Wildman–Crippen LogP) is 9.90. The van der Waals surface area contributed by atoms with Gasteiger partial charge in [-0.05, 0) is 130 Å². The molecule has 0 aliphatic heterocycles. The van der Waals surface area contributed by atoms with Gasteiger partial charge in [-0.1, -0.05) is 69.9 Å². The second-order valence-electron chi connectivity index (χ2n) is 12.8. The number of hydrogen-bond donors (Lipinski definition) is 3. The Morgan fingerprint density at radius 1 is 0.674 bits per heavy atom. The first-order chi connectivity index (χ1) is 21.8. The number of allylic oxidation sites excluding steroid dienone is 11. The van der Waals surface area contributed by atoms with Gasteiger partial charge in [0.25, 0.3) is 0 Å². The zero-order valence-corrected chi connectivity index (χ0v) is 29.7. The Balaban J connectivity index is 2.42. The number of rotatable bonds is 20. The van der Waals surface area contributed by atoms with Crippen molar-refractivity contribution in [2.45, 2.75) is 125 Å². The summed E-state index contributed by atoms with van der Waals surface area (Å²) >= 11 is 0. The van der Waals surface area contributed by atoms with Gasteiger partial charge in [-0.15, -0.1) is 0 Å². The van der Waals surface area contributed by atoms with Crippen LogP contribution in [-0.4, -0.2) is 35.2 Å². The number of amides is 1. The van der Waals surface area contributed by atoms with E-state index in [-0.39, 0.29) is 23.8 Å². The van der Waals surface area contributed by atoms with Crippen molar-refractivity contribution < 1.29 is 24.5 Å². The Bertz CT molecular complexity index is 1300. The first kappa shape index (κ1) is 40.2. The van der Waals surface area contributed by atoms with Crippen molar-refractivity contribution in [1.82, 2.24) is 5.32 Å². The lowest BCUT2D eigenvalue weighted by Crippen LogP contribution is -2.42. The van der Waals surface area contributed by atoms with E-state index in [2.05, 4.69) is 77.2 Å². The molecule has 0 saturated heterocycles. The van der Waals surface area contributed by atoms with Crippen LogP contribution in [0, 0.1) is 0 Å². The molecule has 1 rings (SSSR count). The molecule has 0 bridgehead atoms. The number of phenols is 2. The molecule has 0 unspecified atom stereocenters. The van der Waals surface area contributed by atoms with Crippen molar-refractivity contribution in [2.24, 2.45) is 0 Å². The van der Waals surface area contributed by atoms with E-state index < -0.39 is 12.0 Å². The van der Waals surface area contributed by atoms with E-state index in [4.69, 9.17) is 4.74 Å². The molecule has 0 heterocycles. The van der Waals surface area contributed by atoms with Gasteiger partial charge in [0.15, 0.2) is 11.5 Å². The van der Waals surface area contributed by atoms with Crippen LogP contribution in [0.5, 0.6) is 11.5 Å². The maximum Gasteiger partial charge on any atom is 0.328 e. The average molecular weight is 634 g/mol. The number of carbonyl (C=O) groups is 2. The van der Waals surface area contributed by atoms with Crippen LogP contribution in [0.15, 0.2) is 88.1 Å². The lowest BCUT2D eigenvalue weighted by molar-refractivity contribution is -0.144. The molecule has 46 heavy (non-hydrogen) atoms. The molecule has 0 aliphatic rings. The van der Waals surface area contributed by atoms with Gasteiger partial charge in [0, 0.05) is 12.5 Å². The van der Waals surface area contributed by atoms with Gasteiger partial charge in [0.05, 0.1) is 7.11 Å². The largest absolute Gasteiger partial charge is 0.504 e. The number of hydrogen-bond acceptors (Lipinski definition) is 5. The second kappa shape index (κ2) is 22.7. The second-order valence-corrected chi connectivity index (χ2v) is 12.8. The van der Waals surface area contributed by atoms with E-state index in [0.29, 0.717) is 5.56 Å². The lowest BCUT2D eigenvalue weighted by Gasteiger charge is -2.16. The lowest BCUT2D eigenvalue weighted by atomic mass is 10.0. The fourth-order valence-electron chi connectivity index (χ4n) is 4.96. The molecule has 0 aromatic heterocycles. The number of benzene rings is 1. The molecule has 6 heteroatoms. The van der Waals surface area contributed by atoms with Gasteiger partial charge < -0.3 is 20.3 Å². The zero-order chi connectivity index (χ0) is 34.5. The van der Waals surface area contributed by atoms with Crippen LogP contribution in [-0.2, 0) is 20.7 Å². The van der Waals surface area contributed by atoms with Crippen molar-refractivity contribution >= 4 is 11.9 Å². The van der Waals surface area contributed by atoms with Crippen LogP contribution < -0.4 is 5.32 Å². The maximum absolute atomic E-state index is 12.6. The van der Waals surface area contributed by atoms with Crippen LogP contribution >= 0.6 is 0 Å². The summed E-state index contributed by atoms with van der Waals surface area (Å²) in [6.07, 6.45) is 23.7. The number of aromatic hydroxyl groups is 2. The number of ether oxygens (including phenoxy) is 1. The zero-order valence-electron chi connectivity index (χ0n) is 29.7. The Hall–Kier alpha value is -3.80. The third-order valence-corrected chi connectivity index (χ3v) is 7.88. The van der Waals surface area contributed by atoms with Crippen molar-refractivity contribution in [2.75, 3.05) is 7.11 Å². The SMILES string of the molecule is COC(=O)[C@H](Cc1ccc(O)c(O)c1)NC(=O)C=C(C)CCC=C(C)CCC=C(C)CCC=C(C)CCC=C(C)CCC=C(C)C. The number of phenolic OH excluding ortho intramolecular Hbond substituents is 2. The third kappa shape index (κ3) is 18.9. The molecule has 0 radical (unpaired) electrons. The Labute approximate surface area is 278 Å². The molecule has 0 aliphatic carbocycles. The summed E-state index contributed by atoms with van der Waals surface area (Å²) in [6, 6.07) is 3.37. The van der Waals surface area contributed by atoms with Crippen molar-refractivity contribution in [3.63, 3.8) is 0 Å². The summed E-state index contributed by atoms with van der Waals surface area (Å²) in [5.41, 5.74) is 8.62. The summed E-state index contributed by atoms with van der Waals surface area (Å²) in [7, 11) is 1.26. The molecule has 254 valence electrons. The summed E-state index contributed by atoms with van der Waals surface area (Å²) in [6.45, 7) is 15.1. The van der Waals surface area contributed by atoms with Crippen LogP contribution in [0.3, 0.4) is 0 Å². The molecule has 0 spiro atoms. The number of methoxy groups -OCH3 is 1. The van der Waals surface area contributed by atoms with E-state index >= 15 is 0 Å². The van der Waals surface area contributed by atoms with Crippen molar-refractivity contribution in [3.8, 4) is 11.5 Å². The highest BCUT2D eigenvalue weighted by molar-refractivity contribution is 5.92. The fraction of sp³-hybridized carbons (Fsp3) is 0.500. The molecule has 1 aromatic carbocycles. The fourth-order valence-corrected chi connectivity index (χ4v) is 4.96. The van der Waals surface area contributed by atoms with E-state index in [0.717, 1.165) is 69.8 Å². The number of carbonyl (C=O) groups excluding carboxylic acids is 2. The molecule has 1 aromatic rings. The van der Waals surface area contributed by atoms with Gasteiger partial charge in [-0.3, -0.25) is 4.79 Å². The Kier molecular flexibility index (Phi) is 19.8. The molecule has 3 N–H and O–H groups in total. The third-order valence-electron chi connectivity index (χ3n) is 7.88. The van der Waals surface area contributed by atoms with E-state index in [1.165, 1.54) is 53.2 Å². The Morgan fingerprint density at radius 2 is 1.11 bits per heavy atom. The number of nitrogens with one attached hydrogen (secondary N) is 1. The van der Waals surface area contributed by atoms with Crippen LogP contribution in [0.1, 0.15) is 118 Å². The smallest absolute Gasteiger partial charge is 0.328 e. The highest BCUT2D eigenvalue weighted by Gasteiger charge is 2.22. The van der Waals surface area contributed by atoms with E-state index in [9.17, 15) is 19.8 Å². The highest BCUT2D eigenvalue weighted by Crippen LogP contribution is 2.25. The van der Waals surface area contributed by atoms with Crippen LogP contribution in [0.2, 0.25) is 0 Å². The standard InChI is InChI=1S/C40H59NO5/c1-29(2)14-9-15-30(3)16-10-17-31(4)18-11-19-32(5)20-12-21-33(6)22-13-23-34(7)26-39(44)41-36(40(45)46-8)27-35-24-25-37(42)38(43)28-35/h14,16,18,20,22,24-26,28,36,42-43H,9-13,15,17,19,21,23,27H2,1-8H3,(H,41,44)/t36-/m0/s1. The minimum atomic E-state index is -0.913. The highest BCUT2D eigenvalue weighted by atomic mass is 16.5. The first-order valence-corrected chi connectivity index (χ1v) is 16.6. The first-order valence-electron chi connectivity index (χ1n) is 16.6. The minimum absolute atomic E-state index is 0.125. The normalized spacial score (nSPS) is 13.8. The van der Waals surface area contributed by atoms with Gasteiger partial charge in [0.1, 0.15) is 6.04 Å². The molecule has 1 atom stereocenters. The van der Waals surface area contributed by atoms with Gasteiger partial charge in [-0.2, -0.15) is 0 Å². The maximum atomic E-state index is 12.6. The topological polar surface area (TPSA) is 95.9 Å². The van der Waals surface area contributed by atoms with Gasteiger partial charge >= 0.3 is 5.97 Å². The summed E-state index contributed by atoms with van der Waals surface area (Å²) in [4.78, 5) is 24.9. The van der Waals surface area contributed by atoms with Gasteiger partial charge in [-0.25, -0.2) is 4.79 Å². The molecular formula is C40H59NO5. The quantitative estimate of drug-likeness (QED) is 0.0575. The number of esters is 1. The molecule has 0 saturated carbocycles. The van der Waals surface area contributed by atoms with E-state index in [1.54, 1.807) is 6.07 Å². The van der Waals surface area contributed by atoms with Crippen LogP contribution in [0.25, 0.3) is 0 Å². The van der Waals surface area contributed by atoms with Crippen molar-refractivity contribution in [3.05, 3.63) is 93.7 Å².